The van der Waals surface area contributed by atoms with E-state index in [1.165, 1.54) is 25.7 Å². The number of ether oxygens (including phenoxy) is 2. The third kappa shape index (κ3) is 4.13. The molecule has 1 aromatic rings. The third-order valence-electron chi connectivity index (χ3n) is 3.59. The van der Waals surface area contributed by atoms with Gasteiger partial charge in [-0.05, 0) is 30.9 Å². The first kappa shape index (κ1) is 14.7. The minimum absolute atomic E-state index is 0.0714. The second kappa shape index (κ2) is 7.14. The van der Waals surface area contributed by atoms with Gasteiger partial charge in [0.15, 0.2) is 0 Å². The number of hydrogen-bond donors (Lipinski definition) is 2. The molecule has 1 aliphatic rings. The quantitative estimate of drug-likeness (QED) is 0.784. The zero-order valence-corrected chi connectivity index (χ0v) is 11.9. The monoisotopic (exact) mass is 278 g/mol. The van der Waals surface area contributed by atoms with Crippen molar-refractivity contribution in [1.29, 1.82) is 0 Å². The number of hydrogen-bond acceptors (Lipinski definition) is 4. The van der Waals surface area contributed by atoms with Crippen LogP contribution >= 0.6 is 0 Å². The molecule has 0 spiro atoms. The Morgan fingerprint density at radius 1 is 1.40 bits per heavy atom. The molecule has 1 fully saturated rings. The Morgan fingerprint density at radius 3 is 2.80 bits per heavy atom. The van der Waals surface area contributed by atoms with Crippen LogP contribution in [0, 0.1) is 5.92 Å². The number of anilines is 2. The second-order valence-corrected chi connectivity index (χ2v) is 5.17. The van der Waals surface area contributed by atoms with E-state index in [0.717, 1.165) is 0 Å². The molecule has 3 N–H and O–H groups in total. The van der Waals surface area contributed by atoms with Crippen molar-refractivity contribution in [1.82, 2.24) is 0 Å². The smallest absolute Gasteiger partial charge is 0.250 e. The zero-order valence-electron chi connectivity index (χ0n) is 11.9. The number of carbonyl (C=O) groups excluding carboxylic acids is 1. The number of carbonyl (C=O) groups is 1. The molecule has 0 aromatic heterocycles. The highest BCUT2D eigenvalue weighted by Gasteiger charge is 2.15. The van der Waals surface area contributed by atoms with Crippen LogP contribution in [-0.4, -0.2) is 26.2 Å². The number of benzene rings is 1. The minimum atomic E-state index is -0.181. The molecule has 0 atom stereocenters. The van der Waals surface area contributed by atoms with E-state index >= 15 is 0 Å². The van der Waals surface area contributed by atoms with Crippen molar-refractivity contribution in [2.24, 2.45) is 5.92 Å². The molecule has 1 aromatic carbocycles. The molecule has 0 bridgehead atoms. The van der Waals surface area contributed by atoms with Crippen LogP contribution in [0.4, 0.5) is 11.4 Å². The summed E-state index contributed by atoms with van der Waals surface area (Å²) in [6.45, 7) is 0.744. The Kier molecular flexibility index (Phi) is 5.24. The molecular weight excluding hydrogens is 256 g/mol. The summed E-state index contributed by atoms with van der Waals surface area (Å²) in [4.78, 5) is 11.8. The maximum absolute atomic E-state index is 11.8. The van der Waals surface area contributed by atoms with Gasteiger partial charge in [-0.2, -0.15) is 0 Å². The fourth-order valence-electron chi connectivity index (χ4n) is 2.46. The molecule has 1 amide bonds. The van der Waals surface area contributed by atoms with Crippen molar-refractivity contribution in [3.8, 4) is 5.75 Å². The molecule has 20 heavy (non-hydrogen) atoms. The molecule has 0 saturated heterocycles. The Morgan fingerprint density at radius 2 is 2.15 bits per heavy atom. The average Bonchev–Trinajstić information content (AvgIpc) is 2.94. The van der Waals surface area contributed by atoms with Crippen molar-refractivity contribution < 1.29 is 14.3 Å². The topological polar surface area (TPSA) is 73.6 Å². The van der Waals surface area contributed by atoms with Crippen molar-refractivity contribution >= 4 is 17.3 Å². The van der Waals surface area contributed by atoms with E-state index in [0.29, 0.717) is 29.6 Å². The number of methoxy groups -OCH3 is 1. The molecule has 1 aliphatic carbocycles. The first-order valence-corrected chi connectivity index (χ1v) is 7.00. The lowest BCUT2D eigenvalue weighted by Crippen LogP contribution is -2.20. The summed E-state index contributed by atoms with van der Waals surface area (Å²) in [5, 5.41) is 2.74. The SMILES string of the molecule is COc1ccc(NC(=O)COCC2CCCC2)c(N)c1. The molecular formula is C15H22N2O3. The number of nitrogens with two attached hydrogens (primary N) is 1. The highest BCUT2D eigenvalue weighted by molar-refractivity contribution is 5.94. The van der Waals surface area contributed by atoms with Crippen molar-refractivity contribution in [2.45, 2.75) is 25.7 Å². The fourth-order valence-corrected chi connectivity index (χ4v) is 2.46. The largest absolute Gasteiger partial charge is 0.497 e. The van der Waals surface area contributed by atoms with Gasteiger partial charge in [0.05, 0.1) is 25.1 Å². The van der Waals surface area contributed by atoms with E-state index in [1.54, 1.807) is 25.3 Å². The lowest BCUT2D eigenvalue weighted by atomic mass is 10.1. The summed E-state index contributed by atoms with van der Waals surface area (Å²) < 4.78 is 10.5. The van der Waals surface area contributed by atoms with Crippen LogP contribution in [0.2, 0.25) is 0 Å². The number of amides is 1. The summed E-state index contributed by atoms with van der Waals surface area (Å²) in [6, 6.07) is 5.16. The lowest BCUT2D eigenvalue weighted by Gasteiger charge is -2.11. The summed E-state index contributed by atoms with van der Waals surface area (Å²) in [6.07, 6.45) is 4.99. The predicted octanol–water partition coefficient (Wildman–Crippen LogP) is 2.42. The molecule has 0 radical (unpaired) electrons. The van der Waals surface area contributed by atoms with Crippen LogP contribution in [0.15, 0.2) is 18.2 Å². The number of nitrogens with one attached hydrogen (secondary N) is 1. The average molecular weight is 278 g/mol. The molecule has 110 valence electrons. The van der Waals surface area contributed by atoms with E-state index in [4.69, 9.17) is 15.2 Å². The standard InChI is InChI=1S/C15H22N2O3/c1-19-12-6-7-14(13(16)8-12)17-15(18)10-20-9-11-4-2-3-5-11/h6-8,11H,2-5,9-10,16H2,1H3,(H,17,18). The highest BCUT2D eigenvalue weighted by atomic mass is 16.5. The van der Waals surface area contributed by atoms with Crippen LogP contribution in [-0.2, 0) is 9.53 Å². The predicted molar refractivity (Wildman–Crippen MR) is 78.8 cm³/mol. The van der Waals surface area contributed by atoms with Crippen LogP contribution in [0.3, 0.4) is 0 Å². The Labute approximate surface area is 119 Å². The van der Waals surface area contributed by atoms with Crippen molar-refractivity contribution in [3.63, 3.8) is 0 Å². The Bertz CT molecular complexity index is 456. The maximum Gasteiger partial charge on any atom is 0.250 e. The third-order valence-corrected chi connectivity index (χ3v) is 3.59. The van der Waals surface area contributed by atoms with Gasteiger partial charge in [0, 0.05) is 6.07 Å². The van der Waals surface area contributed by atoms with E-state index < -0.39 is 0 Å². The van der Waals surface area contributed by atoms with Gasteiger partial charge in [-0.1, -0.05) is 12.8 Å². The molecule has 2 rings (SSSR count). The Hall–Kier alpha value is -1.75. The van der Waals surface area contributed by atoms with Gasteiger partial charge in [-0.15, -0.1) is 0 Å². The van der Waals surface area contributed by atoms with E-state index in [2.05, 4.69) is 5.32 Å². The first-order valence-electron chi connectivity index (χ1n) is 7.00. The van der Waals surface area contributed by atoms with E-state index in [1.807, 2.05) is 0 Å². The van der Waals surface area contributed by atoms with Crippen LogP contribution in [0.25, 0.3) is 0 Å². The van der Waals surface area contributed by atoms with Gasteiger partial charge in [0.2, 0.25) is 5.91 Å². The zero-order chi connectivity index (χ0) is 14.4. The van der Waals surface area contributed by atoms with E-state index in [9.17, 15) is 4.79 Å². The van der Waals surface area contributed by atoms with Gasteiger partial charge in [-0.25, -0.2) is 0 Å². The van der Waals surface area contributed by atoms with Crippen LogP contribution in [0.5, 0.6) is 5.75 Å². The lowest BCUT2D eigenvalue weighted by molar-refractivity contribution is -0.121. The summed E-state index contributed by atoms with van der Waals surface area (Å²) in [7, 11) is 1.57. The maximum atomic E-state index is 11.8. The summed E-state index contributed by atoms with van der Waals surface area (Å²) >= 11 is 0. The fraction of sp³-hybridized carbons (Fsp3) is 0.533. The van der Waals surface area contributed by atoms with Gasteiger partial charge in [-0.3, -0.25) is 4.79 Å². The highest BCUT2D eigenvalue weighted by Crippen LogP contribution is 2.25. The van der Waals surface area contributed by atoms with Gasteiger partial charge in [0.1, 0.15) is 12.4 Å². The minimum Gasteiger partial charge on any atom is -0.497 e. The van der Waals surface area contributed by atoms with E-state index in [-0.39, 0.29) is 12.5 Å². The number of rotatable bonds is 6. The molecule has 5 heteroatoms. The van der Waals surface area contributed by atoms with Gasteiger partial charge >= 0.3 is 0 Å². The summed E-state index contributed by atoms with van der Waals surface area (Å²) in [5.74, 6) is 1.10. The Balaban J connectivity index is 1.76. The molecule has 0 aliphatic heterocycles. The molecule has 5 nitrogen and oxygen atoms in total. The molecule has 1 saturated carbocycles. The molecule has 0 unspecified atom stereocenters. The summed E-state index contributed by atoms with van der Waals surface area (Å²) in [5.41, 5.74) is 6.90. The van der Waals surface area contributed by atoms with Crippen molar-refractivity contribution in [3.05, 3.63) is 18.2 Å². The first-order chi connectivity index (χ1) is 9.69. The van der Waals surface area contributed by atoms with Crippen molar-refractivity contribution in [2.75, 3.05) is 31.4 Å². The van der Waals surface area contributed by atoms with Gasteiger partial charge < -0.3 is 20.5 Å². The number of nitrogen functional groups attached to an aromatic ring is 1. The van der Waals surface area contributed by atoms with Crippen LogP contribution in [0.1, 0.15) is 25.7 Å². The normalized spacial score (nSPS) is 15.2. The van der Waals surface area contributed by atoms with Gasteiger partial charge in [0.25, 0.3) is 0 Å². The van der Waals surface area contributed by atoms with Crippen LogP contribution < -0.4 is 15.8 Å². The second-order valence-electron chi connectivity index (χ2n) is 5.17. The molecule has 0 heterocycles.